The minimum absolute atomic E-state index is 0. The van der Waals surface area contributed by atoms with Gasteiger partial charge in [-0.3, -0.25) is 4.99 Å². The van der Waals surface area contributed by atoms with Gasteiger partial charge in [0.2, 0.25) is 0 Å². The highest BCUT2D eigenvalue weighted by Gasteiger charge is 1.87. The predicted octanol–water partition coefficient (Wildman–Crippen LogP) is 1.83. The van der Waals surface area contributed by atoms with E-state index in [0.717, 1.165) is 5.75 Å². The molecule has 0 aromatic carbocycles. The number of hydrogen-bond donors (Lipinski definition) is 1. The molecule has 0 aliphatic heterocycles. The summed E-state index contributed by atoms with van der Waals surface area (Å²) in [7, 11) is 0. The molecule has 0 aromatic rings. The summed E-state index contributed by atoms with van der Waals surface area (Å²) in [4.78, 5) is 3.97. The summed E-state index contributed by atoms with van der Waals surface area (Å²) in [6.07, 6.45) is 3.50. The summed E-state index contributed by atoms with van der Waals surface area (Å²) in [6, 6.07) is 0. The lowest BCUT2D eigenvalue weighted by Gasteiger charge is -1.93. The quantitative estimate of drug-likeness (QED) is 0.419. The summed E-state index contributed by atoms with van der Waals surface area (Å²) in [5, 5.41) is 0.597. The molecule has 0 rings (SSSR count). The van der Waals surface area contributed by atoms with Crippen molar-refractivity contribution in [3.05, 3.63) is 25.3 Å². The molecule has 0 fully saturated rings. The number of aliphatic imine (C=N–C) groups is 1. The standard InChI is InChI=1S/C7H12N2S.ClH/c1-3-5-9-7(8)10-6-4-2;/h3-4H,1-2,5-6H2,(H2,8,9);1H. The maximum absolute atomic E-state index is 5.46. The maximum Gasteiger partial charge on any atom is 0.154 e. The number of amidine groups is 1. The van der Waals surface area contributed by atoms with Crippen molar-refractivity contribution in [2.75, 3.05) is 12.3 Å². The van der Waals surface area contributed by atoms with Crippen molar-refractivity contribution < 1.29 is 0 Å². The Hall–Kier alpha value is -0.410. The van der Waals surface area contributed by atoms with Crippen molar-refractivity contribution in [1.29, 1.82) is 0 Å². The summed E-state index contributed by atoms with van der Waals surface area (Å²) in [6.45, 7) is 7.68. The fourth-order valence-corrected chi connectivity index (χ4v) is 0.799. The smallest absolute Gasteiger partial charge is 0.154 e. The molecule has 0 saturated carbocycles. The van der Waals surface area contributed by atoms with Crippen LogP contribution in [0.25, 0.3) is 0 Å². The van der Waals surface area contributed by atoms with Crippen LogP contribution in [0.1, 0.15) is 0 Å². The summed E-state index contributed by atoms with van der Waals surface area (Å²) < 4.78 is 0. The van der Waals surface area contributed by atoms with Gasteiger partial charge in [-0.05, 0) is 0 Å². The van der Waals surface area contributed by atoms with Gasteiger partial charge in [0.25, 0.3) is 0 Å². The average Bonchev–Trinajstić information content (AvgIpc) is 1.97. The molecule has 64 valence electrons. The normalized spacial score (nSPS) is 10.0. The third-order valence-corrected chi connectivity index (χ3v) is 1.55. The Morgan fingerprint density at radius 3 is 2.55 bits per heavy atom. The van der Waals surface area contributed by atoms with Crippen LogP contribution in [0.3, 0.4) is 0 Å². The molecule has 2 nitrogen and oxygen atoms in total. The predicted molar refractivity (Wildman–Crippen MR) is 56.6 cm³/mol. The molecule has 0 spiro atoms. The van der Waals surface area contributed by atoms with Gasteiger partial charge in [0, 0.05) is 5.75 Å². The van der Waals surface area contributed by atoms with Gasteiger partial charge in [0.1, 0.15) is 0 Å². The molecule has 0 bridgehead atoms. The van der Waals surface area contributed by atoms with E-state index in [1.807, 2.05) is 0 Å². The van der Waals surface area contributed by atoms with Crippen LogP contribution in [0.5, 0.6) is 0 Å². The van der Waals surface area contributed by atoms with E-state index in [-0.39, 0.29) is 12.4 Å². The molecular formula is C7H13ClN2S. The first-order chi connectivity index (χ1) is 4.81. The third kappa shape index (κ3) is 9.59. The van der Waals surface area contributed by atoms with Crippen LogP contribution in [-0.2, 0) is 0 Å². The van der Waals surface area contributed by atoms with Gasteiger partial charge >= 0.3 is 0 Å². The van der Waals surface area contributed by atoms with E-state index in [0.29, 0.717) is 11.7 Å². The van der Waals surface area contributed by atoms with Crippen LogP contribution in [0.4, 0.5) is 0 Å². The fourth-order valence-electron chi connectivity index (χ4n) is 0.344. The van der Waals surface area contributed by atoms with Crippen LogP contribution in [0, 0.1) is 0 Å². The highest BCUT2D eigenvalue weighted by Crippen LogP contribution is 1.98. The zero-order chi connectivity index (χ0) is 7.82. The number of thioether (sulfide) groups is 1. The number of nitrogens with zero attached hydrogens (tertiary/aromatic N) is 1. The monoisotopic (exact) mass is 192 g/mol. The second-order valence-electron chi connectivity index (χ2n) is 1.57. The van der Waals surface area contributed by atoms with Gasteiger partial charge in [0.05, 0.1) is 6.54 Å². The lowest BCUT2D eigenvalue weighted by Crippen LogP contribution is -2.07. The molecule has 0 aliphatic rings. The van der Waals surface area contributed by atoms with Crippen molar-refractivity contribution in [1.82, 2.24) is 0 Å². The van der Waals surface area contributed by atoms with Gasteiger partial charge in [-0.25, -0.2) is 0 Å². The molecule has 4 heteroatoms. The van der Waals surface area contributed by atoms with Gasteiger partial charge in [-0.2, -0.15) is 0 Å². The Morgan fingerprint density at radius 2 is 2.09 bits per heavy atom. The Kier molecular flexibility index (Phi) is 11.5. The lowest BCUT2D eigenvalue weighted by atomic mass is 10.7. The first kappa shape index (κ1) is 13.2. The van der Waals surface area contributed by atoms with Crippen LogP contribution >= 0.6 is 24.2 Å². The molecule has 0 radical (unpaired) electrons. The summed E-state index contributed by atoms with van der Waals surface area (Å²) >= 11 is 1.48. The van der Waals surface area contributed by atoms with Crippen LogP contribution < -0.4 is 5.73 Å². The van der Waals surface area contributed by atoms with Gasteiger partial charge in [-0.1, -0.05) is 23.9 Å². The molecular weight excluding hydrogens is 180 g/mol. The van der Waals surface area contributed by atoms with E-state index >= 15 is 0 Å². The Morgan fingerprint density at radius 1 is 1.45 bits per heavy atom. The van der Waals surface area contributed by atoms with Crippen molar-refractivity contribution in [2.45, 2.75) is 0 Å². The third-order valence-electron chi connectivity index (χ3n) is 0.725. The Bertz CT molecular complexity index is 145. The molecule has 0 aliphatic carbocycles. The van der Waals surface area contributed by atoms with Crippen LogP contribution in [0.2, 0.25) is 0 Å². The fraction of sp³-hybridized carbons (Fsp3) is 0.286. The van der Waals surface area contributed by atoms with Gasteiger partial charge < -0.3 is 5.73 Å². The van der Waals surface area contributed by atoms with E-state index in [2.05, 4.69) is 18.2 Å². The molecule has 0 atom stereocenters. The van der Waals surface area contributed by atoms with E-state index in [4.69, 9.17) is 5.73 Å². The second kappa shape index (κ2) is 9.59. The van der Waals surface area contributed by atoms with E-state index in [1.165, 1.54) is 11.8 Å². The van der Waals surface area contributed by atoms with E-state index in [1.54, 1.807) is 12.2 Å². The van der Waals surface area contributed by atoms with E-state index < -0.39 is 0 Å². The highest BCUT2D eigenvalue weighted by atomic mass is 35.5. The Labute approximate surface area is 78.1 Å². The molecule has 0 saturated heterocycles. The van der Waals surface area contributed by atoms with E-state index in [9.17, 15) is 0 Å². The first-order valence-electron chi connectivity index (χ1n) is 2.95. The number of rotatable bonds is 4. The summed E-state index contributed by atoms with van der Waals surface area (Å²) in [5.41, 5.74) is 5.46. The van der Waals surface area contributed by atoms with Crippen molar-refractivity contribution in [3.8, 4) is 0 Å². The topological polar surface area (TPSA) is 38.4 Å². The maximum atomic E-state index is 5.46. The minimum Gasteiger partial charge on any atom is -0.379 e. The van der Waals surface area contributed by atoms with Crippen molar-refractivity contribution in [3.63, 3.8) is 0 Å². The molecule has 0 aromatic heterocycles. The number of nitrogens with two attached hydrogens (primary N) is 1. The largest absolute Gasteiger partial charge is 0.379 e. The van der Waals surface area contributed by atoms with Crippen molar-refractivity contribution in [2.24, 2.45) is 10.7 Å². The number of hydrogen-bond acceptors (Lipinski definition) is 2. The summed E-state index contributed by atoms with van der Waals surface area (Å²) in [5.74, 6) is 0.812. The minimum atomic E-state index is 0. The molecule has 0 amide bonds. The molecule has 11 heavy (non-hydrogen) atoms. The zero-order valence-corrected chi connectivity index (χ0v) is 7.96. The van der Waals surface area contributed by atoms with Gasteiger partial charge in [-0.15, -0.1) is 25.6 Å². The molecule has 2 N–H and O–H groups in total. The zero-order valence-electron chi connectivity index (χ0n) is 6.32. The van der Waals surface area contributed by atoms with Crippen LogP contribution in [-0.4, -0.2) is 17.5 Å². The number of halogens is 1. The van der Waals surface area contributed by atoms with Gasteiger partial charge in [0.15, 0.2) is 5.17 Å². The molecule has 0 heterocycles. The van der Waals surface area contributed by atoms with Crippen molar-refractivity contribution >= 4 is 29.3 Å². The first-order valence-corrected chi connectivity index (χ1v) is 3.94. The lowest BCUT2D eigenvalue weighted by molar-refractivity contribution is 1.25. The highest BCUT2D eigenvalue weighted by molar-refractivity contribution is 8.13. The van der Waals surface area contributed by atoms with Crippen LogP contribution in [0.15, 0.2) is 30.3 Å². The average molecular weight is 193 g/mol. The second-order valence-corrected chi connectivity index (χ2v) is 2.61. The molecule has 0 unspecified atom stereocenters. The SMILES string of the molecule is C=CCN=C(N)SCC=C.Cl. The Balaban J connectivity index is 0.